The molecule has 4 rings (SSSR count). The van der Waals surface area contributed by atoms with Gasteiger partial charge in [0.15, 0.2) is 0 Å². The van der Waals surface area contributed by atoms with Crippen LogP contribution in [0.5, 0.6) is 0 Å². The Kier molecular flexibility index (Phi) is 7.22. The molecule has 2 aliphatic heterocycles. The van der Waals surface area contributed by atoms with Gasteiger partial charge in [-0.2, -0.15) is 0 Å². The van der Waals surface area contributed by atoms with Crippen LogP contribution in [0.15, 0.2) is 48.5 Å². The summed E-state index contributed by atoms with van der Waals surface area (Å²) in [5, 5.41) is 2.69. The van der Waals surface area contributed by atoms with Crippen molar-refractivity contribution in [2.45, 2.75) is 31.8 Å². The Morgan fingerprint density at radius 3 is 2.53 bits per heavy atom. The van der Waals surface area contributed by atoms with E-state index in [1.807, 2.05) is 47.4 Å². The van der Waals surface area contributed by atoms with E-state index in [9.17, 15) is 9.59 Å². The number of hydrogen-bond acceptors (Lipinski definition) is 4. The van der Waals surface area contributed by atoms with Crippen LogP contribution in [0.3, 0.4) is 0 Å². The number of carbonyl (C=O) groups excluding carboxylic acids is 2. The lowest BCUT2D eigenvalue weighted by Gasteiger charge is -2.40. The van der Waals surface area contributed by atoms with Crippen molar-refractivity contribution in [2.75, 3.05) is 46.8 Å². The largest absolute Gasteiger partial charge is 0.355 e. The van der Waals surface area contributed by atoms with Gasteiger partial charge in [-0.3, -0.25) is 19.4 Å². The van der Waals surface area contributed by atoms with Crippen LogP contribution in [-0.4, -0.2) is 73.3 Å². The van der Waals surface area contributed by atoms with Crippen LogP contribution in [0, 0.1) is 0 Å². The Hall–Kier alpha value is -2.70. The summed E-state index contributed by atoms with van der Waals surface area (Å²) in [4.78, 5) is 32.4. The second kappa shape index (κ2) is 10.3. The van der Waals surface area contributed by atoms with E-state index in [4.69, 9.17) is 0 Å². The van der Waals surface area contributed by atoms with Gasteiger partial charge in [-0.05, 0) is 62.3 Å². The third kappa shape index (κ3) is 5.03. The summed E-state index contributed by atoms with van der Waals surface area (Å²) >= 11 is 0. The van der Waals surface area contributed by atoms with Crippen LogP contribution in [0.1, 0.15) is 57.1 Å². The molecule has 0 spiro atoms. The molecular formula is C26H34N4O2. The summed E-state index contributed by atoms with van der Waals surface area (Å²) in [5.41, 5.74) is 3.65. The SMILES string of the molecule is CNC(=O)c1cccc(C2CN(C(=O)c3ccccc3CN3CCCCC3)CCN2C)c1. The minimum absolute atomic E-state index is 0.0616. The lowest BCUT2D eigenvalue weighted by molar-refractivity contribution is 0.0543. The number of piperidine rings is 1. The van der Waals surface area contributed by atoms with Crippen LogP contribution in [0.25, 0.3) is 0 Å². The molecule has 0 saturated carbocycles. The summed E-state index contributed by atoms with van der Waals surface area (Å²) in [6.45, 7) is 5.19. The predicted octanol–water partition coefficient (Wildman–Crippen LogP) is 3.16. The van der Waals surface area contributed by atoms with Gasteiger partial charge >= 0.3 is 0 Å². The topological polar surface area (TPSA) is 55.9 Å². The maximum atomic E-state index is 13.6. The number of amides is 2. The molecule has 2 aromatic rings. The average molecular weight is 435 g/mol. The zero-order chi connectivity index (χ0) is 22.5. The molecule has 1 unspecified atom stereocenters. The molecule has 1 N–H and O–H groups in total. The molecule has 2 aromatic carbocycles. The summed E-state index contributed by atoms with van der Waals surface area (Å²) in [6, 6.07) is 15.9. The number of hydrogen-bond donors (Lipinski definition) is 1. The molecule has 6 nitrogen and oxygen atoms in total. The zero-order valence-electron chi connectivity index (χ0n) is 19.2. The highest BCUT2D eigenvalue weighted by Gasteiger charge is 2.30. The molecule has 1 atom stereocenters. The molecule has 0 bridgehead atoms. The highest BCUT2D eigenvalue weighted by molar-refractivity contribution is 5.96. The van der Waals surface area contributed by atoms with Crippen molar-refractivity contribution >= 4 is 11.8 Å². The molecule has 2 aliphatic rings. The maximum absolute atomic E-state index is 13.6. The summed E-state index contributed by atoms with van der Waals surface area (Å²) in [7, 11) is 3.73. The normalized spacial score (nSPS) is 20.2. The van der Waals surface area contributed by atoms with Gasteiger partial charge in [-0.1, -0.05) is 36.8 Å². The Bertz CT molecular complexity index is 954. The van der Waals surface area contributed by atoms with Gasteiger partial charge < -0.3 is 10.2 Å². The predicted molar refractivity (Wildman–Crippen MR) is 127 cm³/mol. The fraction of sp³-hybridized carbons (Fsp3) is 0.462. The van der Waals surface area contributed by atoms with Gasteiger partial charge in [-0.15, -0.1) is 0 Å². The molecule has 2 fully saturated rings. The second-order valence-corrected chi connectivity index (χ2v) is 8.95. The Balaban J connectivity index is 1.52. The number of nitrogens with zero attached hydrogens (tertiary/aromatic N) is 3. The number of likely N-dealkylation sites (N-methyl/N-ethyl adjacent to an activating group) is 1. The fourth-order valence-electron chi connectivity index (χ4n) is 4.85. The smallest absolute Gasteiger partial charge is 0.254 e. The molecule has 170 valence electrons. The number of nitrogens with one attached hydrogen (secondary N) is 1. The monoisotopic (exact) mass is 434 g/mol. The third-order valence-corrected chi connectivity index (χ3v) is 6.79. The molecular weight excluding hydrogens is 400 g/mol. The van der Waals surface area contributed by atoms with Crippen LogP contribution in [0.4, 0.5) is 0 Å². The van der Waals surface area contributed by atoms with E-state index >= 15 is 0 Å². The molecule has 0 aromatic heterocycles. The first-order valence-electron chi connectivity index (χ1n) is 11.7. The third-order valence-electron chi connectivity index (χ3n) is 6.79. The maximum Gasteiger partial charge on any atom is 0.254 e. The quantitative estimate of drug-likeness (QED) is 0.786. The van der Waals surface area contributed by atoms with Crippen molar-refractivity contribution in [3.8, 4) is 0 Å². The van der Waals surface area contributed by atoms with E-state index < -0.39 is 0 Å². The molecule has 2 amide bonds. The van der Waals surface area contributed by atoms with Crippen molar-refractivity contribution < 1.29 is 9.59 Å². The molecule has 0 radical (unpaired) electrons. The summed E-state index contributed by atoms with van der Waals surface area (Å²) < 4.78 is 0. The molecule has 2 saturated heterocycles. The molecule has 2 heterocycles. The lowest BCUT2D eigenvalue weighted by atomic mass is 9.99. The average Bonchev–Trinajstić information content (AvgIpc) is 2.84. The van der Waals surface area contributed by atoms with Crippen LogP contribution in [0.2, 0.25) is 0 Å². The van der Waals surface area contributed by atoms with E-state index in [-0.39, 0.29) is 17.9 Å². The van der Waals surface area contributed by atoms with Gasteiger partial charge in [0, 0.05) is 44.4 Å². The first kappa shape index (κ1) is 22.5. The lowest BCUT2D eigenvalue weighted by Crippen LogP contribution is -2.49. The number of carbonyl (C=O) groups is 2. The van der Waals surface area contributed by atoms with E-state index in [0.29, 0.717) is 18.7 Å². The Morgan fingerprint density at radius 2 is 1.75 bits per heavy atom. The van der Waals surface area contributed by atoms with Gasteiger partial charge in [0.2, 0.25) is 0 Å². The summed E-state index contributed by atoms with van der Waals surface area (Å²) in [6.07, 6.45) is 3.79. The Morgan fingerprint density at radius 1 is 0.969 bits per heavy atom. The first-order valence-corrected chi connectivity index (χ1v) is 11.7. The van der Waals surface area contributed by atoms with Crippen molar-refractivity contribution in [2.24, 2.45) is 0 Å². The van der Waals surface area contributed by atoms with E-state index in [0.717, 1.165) is 42.9 Å². The summed E-state index contributed by atoms with van der Waals surface area (Å²) in [5.74, 6) is 0.0167. The minimum atomic E-state index is -0.0927. The van der Waals surface area contributed by atoms with E-state index in [1.54, 1.807) is 7.05 Å². The molecule has 6 heteroatoms. The van der Waals surface area contributed by atoms with Crippen LogP contribution in [-0.2, 0) is 6.54 Å². The fourth-order valence-corrected chi connectivity index (χ4v) is 4.85. The number of rotatable bonds is 5. The van der Waals surface area contributed by atoms with Crippen molar-refractivity contribution in [1.82, 2.24) is 20.0 Å². The zero-order valence-corrected chi connectivity index (χ0v) is 19.2. The molecule has 32 heavy (non-hydrogen) atoms. The highest BCUT2D eigenvalue weighted by atomic mass is 16.2. The standard InChI is InChI=1S/C26H34N4O2/c1-27-25(31)21-11-8-10-20(17-21)24-19-30(16-15-28(24)2)26(32)23-12-5-4-9-22(23)18-29-13-6-3-7-14-29/h4-5,8-12,17,24H,3,6-7,13-16,18-19H2,1-2H3,(H,27,31). The highest BCUT2D eigenvalue weighted by Crippen LogP contribution is 2.27. The Labute approximate surface area is 191 Å². The number of likely N-dealkylation sites (tertiary alicyclic amines) is 1. The second-order valence-electron chi connectivity index (χ2n) is 8.95. The van der Waals surface area contributed by atoms with Gasteiger partial charge in [-0.25, -0.2) is 0 Å². The van der Waals surface area contributed by atoms with E-state index in [1.165, 1.54) is 19.3 Å². The number of piperazine rings is 1. The van der Waals surface area contributed by atoms with Gasteiger partial charge in [0.05, 0.1) is 6.04 Å². The van der Waals surface area contributed by atoms with Gasteiger partial charge in [0.1, 0.15) is 0 Å². The van der Waals surface area contributed by atoms with E-state index in [2.05, 4.69) is 28.2 Å². The van der Waals surface area contributed by atoms with Crippen molar-refractivity contribution in [1.29, 1.82) is 0 Å². The number of benzene rings is 2. The van der Waals surface area contributed by atoms with Gasteiger partial charge in [0.25, 0.3) is 11.8 Å². The minimum Gasteiger partial charge on any atom is -0.355 e. The first-order chi connectivity index (χ1) is 15.6. The van der Waals surface area contributed by atoms with Crippen molar-refractivity contribution in [3.63, 3.8) is 0 Å². The van der Waals surface area contributed by atoms with Crippen LogP contribution < -0.4 is 5.32 Å². The van der Waals surface area contributed by atoms with Crippen molar-refractivity contribution in [3.05, 3.63) is 70.8 Å². The molecule has 0 aliphatic carbocycles. The van der Waals surface area contributed by atoms with Crippen LogP contribution >= 0.6 is 0 Å².